The fourth-order valence-corrected chi connectivity index (χ4v) is 2.61. The Bertz CT molecular complexity index is 246. The number of ether oxygens (including phenoxy) is 1. The monoisotopic (exact) mass is 213 g/mol. The molecule has 1 atom stereocenters. The highest BCUT2D eigenvalue weighted by Gasteiger charge is 2.36. The van der Waals surface area contributed by atoms with E-state index in [4.69, 9.17) is 15.4 Å². The molecule has 0 radical (unpaired) electrons. The van der Waals surface area contributed by atoms with Crippen molar-refractivity contribution in [2.24, 2.45) is 0 Å². The first-order chi connectivity index (χ1) is 5.47. The topological polar surface area (TPSA) is 55.4 Å². The van der Waals surface area contributed by atoms with Gasteiger partial charge in [-0.15, -0.1) is 0 Å². The summed E-state index contributed by atoms with van der Waals surface area (Å²) < 4.78 is 29.0. The summed E-state index contributed by atoms with van der Waals surface area (Å²) in [6.07, 6.45) is 1.38. The zero-order chi connectivity index (χ0) is 9.24. The number of nitrogens with one attached hydrogen (secondary N) is 1. The fraction of sp³-hybridized carbons (Fsp3) is 1.00. The Morgan fingerprint density at radius 3 is 2.67 bits per heavy atom. The largest absolute Gasteiger partial charge is 0.379 e. The van der Waals surface area contributed by atoms with Crippen LogP contribution < -0.4 is 4.72 Å². The van der Waals surface area contributed by atoms with Crippen LogP contribution in [0.5, 0.6) is 0 Å². The summed E-state index contributed by atoms with van der Waals surface area (Å²) in [6, 6.07) is 0. The van der Waals surface area contributed by atoms with Crippen LogP contribution in [0, 0.1) is 0 Å². The molecule has 0 aromatic rings. The van der Waals surface area contributed by atoms with Crippen molar-refractivity contribution in [2.45, 2.75) is 25.3 Å². The molecule has 1 rings (SSSR count). The lowest BCUT2D eigenvalue weighted by molar-refractivity contribution is 0.172. The lowest BCUT2D eigenvalue weighted by Crippen LogP contribution is -2.46. The minimum Gasteiger partial charge on any atom is -0.379 e. The third kappa shape index (κ3) is 2.58. The summed E-state index contributed by atoms with van der Waals surface area (Å²) in [5, 5.41) is 0. The summed E-state index contributed by atoms with van der Waals surface area (Å²) in [7, 11) is 1.45. The van der Waals surface area contributed by atoms with Gasteiger partial charge in [0.25, 0.3) is 9.24 Å². The van der Waals surface area contributed by atoms with Crippen LogP contribution in [-0.4, -0.2) is 27.2 Å². The van der Waals surface area contributed by atoms with E-state index in [-0.39, 0.29) is 0 Å². The Balaban J connectivity index is 2.68. The molecule has 1 saturated heterocycles. The first-order valence-electron chi connectivity index (χ1n) is 3.79. The smallest absolute Gasteiger partial charge is 0.297 e. The number of rotatable bonds is 3. The molecule has 0 aromatic carbocycles. The van der Waals surface area contributed by atoms with E-state index in [2.05, 4.69) is 4.72 Å². The number of hydrogen-bond donors (Lipinski definition) is 1. The SMILES string of the molecule is CCC1(NS(=O)(=O)Cl)CCOC1. The first-order valence-corrected chi connectivity index (χ1v) is 6.10. The number of hydrogen-bond acceptors (Lipinski definition) is 3. The van der Waals surface area contributed by atoms with Gasteiger partial charge >= 0.3 is 0 Å². The molecule has 1 aliphatic heterocycles. The second-order valence-corrected chi connectivity index (χ2v) is 5.28. The fourth-order valence-electron chi connectivity index (χ4n) is 1.30. The summed E-state index contributed by atoms with van der Waals surface area (Å²) in [4.78, 5) is 0. The molecule has 0 bridgehead atoms. The van der Waals surface area contributed by atoms with Crippen molar-refractivity contribution >= 4 is 19.9 Å². The van der Waals surface area contributed by atoms with Gasteiger partial charge in [0.2, 0.25) is 0 Å². The minimum atomic E-state index is -3.64. The third-order valence-electron chi connectivity index (χ3n) is 2.12. The summed E-state index contributed by atoms with van der Waals surface area (Å²) >= 11 is 0. The molecule has 0 aromatic heterocycles. The van der Waals surface area contributed by atoms with Gasteiger partial charge in [0.15, 0.2) is 0 Å². The number of halogens is 1. The summed E-state index contributed by atoms with van der Waals surface area (Å²) in [5.74, 6) is 0. The van der Waals surface area contributed by atoms with Gasteiger partial charge in [0.1, 0.15) is 0 Å². The highest BCUT2D eigenvalue weighted by atomic mass is 35.7. The van der Waals surface area contributed by atoms with Crippen molar-refractivity contribution in [1.82, 2.24) is 4.72 Å². The van der Waals surface area contributed by atoms with Crippen LogP contribution in [0.15, 0.2) is 0 Å². The maximum absolute atomic E-state index is 10.8. The lowest BCUT2D eigenvalue weighted by atomic mass is 9.97. The van der Waals surface area contributed by atoms with Crippen LogP contribution in [0.4, 0.5) is 0 Å². The third-order valence-corrected chi connectivity index (χ3v) is 3.03. The van der Waals surface area contributed by atoms with Gasteiger partial charge in [0.05, 0.1) is 12.1 Å². The van der Waals surface area contributed by atoms with Gasteiger partial charge < -0.3 is 4.74 Å². The van der Waals surface area contributed by atoms with E-state index in [1.807, 2.05) is 6.92 Å². The van der Waals surface area contributed by atoms with Gasteiger partial charge in [-0.2, -0.15) is 13.1 Å². The van der Waals surface area contributed by atoms with E-state index in [0.29, 0.717) is 26.1 Å². The second kappa shape index (κ2) is 3.49. The van der Waals surface area contributed by atoms with E-state index in [1.54, 1.807) is 0 Å². The predicted molar refractivity (Wildman–Crippen MR) is 46.4 cm³/mol. The average Bonchev–Trinajstić information content (AvgIpc) is 2.34. The zero-order valence-corrected chi connectivity index (χ0v) is 8.41. The highest BCUT2D eigenvalue weighted by Crippen LogP contribution is 2.23. The van der Waals surface area contributed by atoms with Crippen LogP contribution in [0.25, 0.3) is 0 Å². The maximum atomic E-state index is 10.8. The molecule has 4 nitrogen and oxygen atoms in total. The van der Waals surface area contributed by atoms with Gasteiger partial charge in [-0.25, -0.2) is 0 Å². The molecule has 1 unspecified atom stereocenters. The lowest BCUT2D eigenvalue weighted by Gasteiger charge is -2.24. The van der Waals surface area contributed by atoms with E-state index in [1.165, 1.54) is 0 Å². The molecular formula is C6H12ClNO3S. The van der Waals surface area contributed by atoms with E-state index in [9.17, 15) is 8.42 Å². The van der Waals surface area contributed by atoms with Crippen LogP contribution >= 0.6 is 10.7 Å². The molecule has 1 aliphatic rings. The van der Waals surface area contributed by atoms with Crippen LogP contribution in [0.1, 0.15) is 19.8 Å². The van der Waals surface area contributed by atoms with Crippen molar-refractivity contribution in [2.75, 3.05) is 13.2 Å². The van der Waals surface area contributed by atoms with Crippen molar-refractivity contribution < 1.29 is 13.2 Å². The van der Waals surface area contributed by atoms with Crippen molar-refractivity contribution in [3.8, 4) is 0 Å². The Morgan fingerprint density at radius 2 is 2.33 bits per heavy atom. The maximum Gasteiger partial charge on any atom is 0.297 e. The first kappa shape index (κ1) is 10.2. The summed E-state index contributed by atoms with van der Waals surface area (Å²) in [6.45, 7) is 2.91. The second-order valence-electron chi connectivity index (χ2n) is 2.98. The zero-order valence-electron chi connectivity index (χ0n) is 6.84. The highest BCUT2D eigenvalue weighted by molar-refractivity contribution is 8.12. The van der Waals surface area contributed by atoms with Crippen molar-refractivity contribution in [3.05, 3.63) is 0 Å². The molecule has 0 saturated carbocycles. The van der Waals surface area contributed by atoms with Gasteiger partial charge in [-0.05, 0) is 12.8 Å². The van der Waals surface area contributed by atoms with Crippen LogP contribution in [0.3, 0.4) is 0 Å². The Hall–Kier alpha value is 0.160. The van der Waals surface area contributed by atoms with E-state index < -0.39 is 14.8 Å². The van der Waals surface area contributed by atoms with Crippen LogP contribution in [-0.2, 0) is 14.0 Å². The Kier molecular flexibility index (Phi) is 2.98. The predicted octanol–water partition coefficient (Wildman–Crippen LogP) is 0.629. The molecule has 1 heterocycles. The van der Waals surface area contributed by atoms with Crippen LogP contribution in [0.2, 0.25) is 0 Å². The van der Waals surface area contributed by atoms with Crippen molar-refractivity contribution in [3.63, 3.8) is 0 Å². The van der Waals surface area contributed by atoms with Gasteiger partial charge in [-0.3, -0.25) is 0 Å². The normalized spacial score (nSPS) is 30.8. The van der Waals surface area contributed by atoms with Gasteiger partial charge in [-0.1, -0.05) is 6.92 Å². The molecular weight excluding hydrogens is 202 g/mol. The molecule has 0 aliphatic carbocycles. The molecule has 12 heavy (non-hydrogen) atoms. The standard InChI is InChI=1S/C6H12ClNO3S/c1-2-6(3-4-11-5-6)8-12(7,9)10/h8H,2-5H2,1H3. The molecule has 1 N–H and O–H groups in total. The quantitative estimate of drug-likeness (QED) is 0.700. The van der Waals surface area contributed by atoms with Gasteiger partial charge in [0, 0.05) is 17.3 Å². The average molecular weight is 214 g/mol. The van der Waals surface area contributed by atoms with E-state index >= 15 is 0 Å². The Labute approximate surface area is 76.8 Å². The molecule has 0 amide bonds. The van der Waals surface area contributed by atoms with E-state index in [0.717, 1.165) is 0 Å². The molecule has 1 fully saturated rings. The summed E-state index contributed by atoms with van der Waals surface area (Å²) in [5.41, 5.74) is -0.472. The Morgan fingerprint density at radius 1 is 1.67 bits per heavy atom. The molecule has 0 spiro atoms. The molecule has 6 heteroatoms. The minimum absolute atomic E-state index is 0.412. The molecule has 72 valence electrons. The van der Waals surface area contributed by atoms with Crippen molar-refractivity contribution in [1.29, 1.82) is 0 Å².